The summed E-state index contributed by atoms with van der Waals surface area (Å²) in [6.45, 7) is -0.0390. The van der Waals surface area contributed by atoms with E-state index in [-0.39, 0.29) is 12.8 Å². The minimum Gasteiger partial charge on any atom is -0.396 e. The van der Waals surface area contributed by atoms with E-state index in [9.17, 15) is 0 Å². The largest absolute Gasteiger partial charge is 0.396 e. The lowest BCUT2D eigenvalue weighted by molar-refractivity contribution is 0.319. The van der Waals surface area contributed by atoms with Crippen LogP contribution in [0.4, 0.5) is 0 Å². The van der Waals surface area contributed by atoms with E-state index < -0.39 is 0 Å². The van der Waals surface area contributed by atoms with Gasteiger partial charge in [0.15, 0.2) is 6.17 Å². The van der Waals surface area contributed by atoms with Crippen molar-refractivity contribution >= 4 is 0 Å². The van der Waals surface area contributed by atoms with Crippen molar-refractivity contribution in [1.82, 2.24) is 0 Å². The molecule has 1 heterocycles. The molecule has 8 heavy (non-hydrogen) atoms. The monoisotopic (exact) mass is 113 g/mol. The molecule has 5 heteroatoms. The van der Waals surface area contributed by atoms with Gasteiger partial charge in [0.1, 0.15) is 0 Å². The summed E-state index contributed by atoms with van der Waals surface area (Å²) in [5.74, 6) is 0. The molecule has 0 aromatic carbocycles. The second-order valence-electron chi connectivity index (χ2n) is 1.24. The van der Waals surface area contributed by atoms with Crippen LogP contribution in [0, 0.1) is 6.42 Å². The highest BCUT2D eigenvalue weighted by atomic mass is 16.3. The zero-order chi connectivity index (χ0) is 5.82. The number of aliphatic hydroxyl groups excluding tert-OH is 1. The molecule has 0 fully saturated rings. The fourth-order valence-corrected chi connectivity index (χ4v) is 0.364. The van der Waals surface area contributed by atoms with Crippen LogP contribution >= 0.6 is 0 Å². The Morgan fingerprint density at radius 2 is 2.00 bits per heavy atom. The van der Waals surface area contributed by atoms with E-state index in [1.165, 1.54) is 6.42 Å². The van der Waals surface area contributed by atoms with Crippen LogP contribution in [-0.4, -0.2) is 17.9 Å². The Labute approximate surface area is 46.1 Å². The molecule has 0 saturated heterocycles. The lowest BCUT2D eigenvalue weighted by Gasteiger charge is -1.91. The van der Waals surface area contributed by atoms with Gasteiger partial charge in [-0.1, -0.05) is 0 Å². The number of aliphatic hydroxyl groups is 1. The van der Waals surface area contributed by atoms with Crippen LogP contribution in [-0.2, 0) is 0 Å². The molecule has 0 aromatic heterocycles. The van der Waals surface area contributed by atoms with Gasteiger partial charge in [-0.2, -0.15) is 0 Å². The molecular formula is C3H5N4O. The third-order valence-electron chi connectivity index (χ3n) is 0.696. The molecule has 0 saturated carbocycles. The van der Waals surface area contributed by atoms with Gasteiger partial charge in [0.2, 0.25) is 0 Å². The summed E-state index contributed by atoms with van der Waals surface area (Å²) in [5.41, 5.74) is 0. The van der Waals surface area contributed by atoms with Crippen LogP contribution in [0.1, 0.15) is 0 Å². The van der Waals surface area contributed by atoms with E-state index >= 15 is 0 Å². The van der Waals surface area contributed by atoms with Crippen molar-refractivity contribution < 1.29 is 5.11 Å². The number of hydrogen-bond acceptors (Lipinski definition) is 5. The standard InChI is InChI=1S/C3H5N4O/c8-2-1-3-4-6-7-5-3/h1,3,8H,2H2. The minimum absolute atomic E-state index is 0.0390. The van der Waals surface area contributed by atoms with Gasteiger partial charge in [-0.25, -0.2) is 0 Å². The van der Waals surface area contributed by atoms with Crippen molar-refractivity contribution in [2.75, 3.05) is 6.61 Å². The molecule has 1 aliphatic rings. The average Bonchev–Trinajstić information content (AvgIpc) is 2.19. The maximum Gasteiger partial charge on any atom is 0.190 e. The molecule has 43 valence electrons. The second kappa shape index (κ2) is 2.46. The first-order valence-corrected chi connectivity index (χ1v) is 2.17. The molecule has 1 N–H and O–H groups in total. The Kier molecular flexibility index (Phi) is 1.63. The first kappa shape index (κ1) is 5.30. The molecule has 0 spiro atoms. The van der Waals surface area contributed by atoms with Crippen LogP contribution in [0.3, 0.4) is 0 Å². The second-order valence-corrected chi connectivity index (χ2v) is 1.24. The maximum atomic E-state index is 8.27. The maximum absolute atomic E-state index is 8.27. The van der Waals surface area contributed by atoms with Gasteiger partial charge >= 0.3 is 0 Å². The predicted octanol–water partition coefficient (Wildman–Crippen LogP) is 0.342. The summed E-state index contributed by atoms with van der Waals surface area (Å²) in [6.07, 6.45) is 1.15. The smallest absolute Gasteiger partial charge is 0.190 e. The molecule has 1 rings (SSSR count). The fourth-order valence-electron chi connectivity index (χ4n) is 0.364. The molecule has 1 aliphatic heterocycles. The van der Waals surface area contributed by atoms with E-state index in [4.69, 9.17) is 5.11 Å². The molecule has 0 amide bonds. The first-order valence-electron chi connectivity index (χ1n) is 2.17. The zero-order valence-electron chi connectivity index (χ0n) is 4.10. The lowest BCUT2D eigenvalue weighted by Crippen LogP contribution is -1.99. The van der Waals surface area contributed by atoms with Crippen LogP contribution < -0.4 is 0 Å². The summed E-state index contributed by atoms with van der Waals surface area (Å²) in [7, 11) is 0. The quantitative estimate of drug-likeness (QED) is 0.551. The highest BCUT2D eigenvalue weighted by Gasteiger charge is 2.06. The van der Waals surface area contributed by atoms with E-state index in [1.54, 1.807) is 0 Å². The highest BCUT2D eigenvalue weighted by molar-refractivity contribution is 4.78. The Morgan fingerprint density at radius 1 is 1.38 bits per heavy atom. The fraction of sp³-hybridized carbons (Fsp3) is 0.667. The van der Waals surface area contributed by atoms with Crippen LogP contribution in [0.2, 0.25) is 0 Å². The Bertz CT molecular complexity index is 108. The highest BCUT2D eigenvalue weighted by Crippen LogP contribution is 2.05. The van der Waals surface area contributed by atoms with Gasteiger partial charge in [-0.15, -0.1) is 10.2 Å². The van der Waals surface area contributed by atoms with Gasteiger partial charge in [0, 0.05) is 6.42 Å². The molecule has 0 atom stereocenters. The lowest BCUT2D eigenvalue weighted by atomic mass is 10.4. The average molecular weight is 113 g/mol. The summed E-state index contributed by atoms with van der Waals surface area (Å²) in [4.78, 5) is 0. The first-order chi connectivity index (χ1) is 3.93. The normalized spacial score (nSPS) is 18.1. The van der Waals surface area contributed by atoms with Gasteiger partial charge in [-0.3, -0.25) is 0 Å². The van der Waals surface area contributed by atoms with Crippen molar-refractivity contribution in [2.24, 2.45) is 20.7 Å². The summed E-state index contributed by atoms with van der Waals surface area (Å²) >= 11 is 0. The molecule has 0 bridgehead atoms. The number of rotatable bonds is 2. The third-order valence-corrected chi connectivity index (χ3v) is 0.696. The Hall–Kier alpha value is -0.840. The van der Waals surface area contributed by atoms with Crippen LogP contribution in [0.15, 0.2) is 20.7 Å². The molecule has 1 radical (unpaired) electrons. The topological polar surface area (TPSA) is 69.7 Å². The summed E-state index contributed by atoms with van der Waals surface area (Å²) < 4.78 is 0. The number of hydrogen-bond donors (Lipinski definition) is 1. The van der Waals surface area contributed by atoms with Crippen molar-refractivity contribution in [3.8, 4) is 0 Å². The minimum atomic E-state index is -0.347. The summed E-state index contributed by atoms with van der Waals surface area (Å²) in [5, 5.41) is 21.7. The van der Waals surface area contributed by atoms with Gasteiger partial charge in [0.05, 0.1) is 6.61 Å². The van der Waals surface area contributed by atoms with Crippen LogP contribution in [0.5, 0.6) is 0 Å². The van der Waals surface area contributed by atoms with E-state index in [0.717, 1.165) is 0 Å². The van der Waals surface area contributed by atoms with Gasteiger partial charge in [-0.05, 0) is 10.4 Å². The van der Waals surface area contributed by atoms with Crippen molar-refractivity contribution in [3.05, 3.63) is 6.42 Å². The summed E-state index contributed by atoms with van der Waals surface area (Å²) in [6, 6.07) is 0. The van der Waals surface area contributed by atoms with Crippen molar-refractivity contribution in [3.63, 3.8) is 0 Å². The van der Waals surface area contributed by atoms with Gasteiger partial charge < -0.3 is 5.11 Å². The van der Waals surface area contributed by atoms with E-state index in [0.29, 0.717) is 0 Å². The molecule has 0 aliphatic carbocycles. The van der Waals surface area contributed by atoms with Gasteiger partial charge in [0.25, 0.3) is 0 Å². The molecule has 0 unspecified atom stereocenters. The van der Waals surface area contributed by atoms with Crippen LogP contribution in [0.25, 0.3) is 0 Å². The SMILES string of the molecule is OC[CH]C1N=NN=N1. The van der Waals surface area contributed by atoms with Crippen molar-refractivity contribution in [2.45, 2.75) is 6.17 Å². The Balaban J connectivity index is 2.27. The zero-order valence-corrected chi connectivity index (χ0v) is 4.10. The third kappa shape index (κ3) is 1.06. The molecule has 5 nitrogen and oxygen atoms in total. The van der Waals surface area contributed by atoms with Crippen molar-refractivity contribution in [1.29, 1.82) is 0 Å². The molecular weight excluding hydrogens is 108 g/mol. The predicted molar refractivity (Wildman–Crippen MR) is 24.9 cm³/mol. The number of nitrogens with zero attached hydrogens (tertiary/aromatic N) is 4. The Morgan fingerprint density at radius 3 is 2.50 bits per heavy atom. The van der Waals surface area contributed by atoms with E-state index in [2.05, 4.69) is 20.7 Å². The van der Waals surface area contributed by atoms with E-state index in [1.807, 2.05) is 0 Å². The molecule has 0 aromatic rings.